The first-order valence-electron chi connectivity index (χ1n) is 12.5. The van der Waals surface area contributed by atoms with Gasteiger partial charge >= 0.3 is 5.97 Å². The molecule has 37 heavy (non-hydrogen) atoms. The molecular formula is C28H26N4O5. The number of nitrogens with zero attached hydrogens (tertiary/aromatic N) is 3. The fourth-order valence-electron chi connectivity index (χ4n) is 5.96. The zero-order valence-electron chi connectivity index (χ0n) is 20.1. The lowest BCUT2D eigenvalue weighted by Gasteiger charge is -2.33. The van der Waals surface area contributed by atoms with E-state index in [0.717, 1.165) is 45.9 Å². The van der Waals surface area contributed by atoms with Crippen LogP contribution in [0.25, 0.3) is 33.1 Å². The maximum absolute atomic E-state index is 13.5. The topological polar surface area (TPSA) is 120 Å². The minimum Gasteiger partial charge on any atom is -0.458 e. The summed E-state index contributed by atoms with van der Waals surface area (Å²) in [5.41, 5.74) is 10.6. The number of rotatable bonds is 3. The van der Waals surface area contributed by atoms with Crippen molar-refractivity contribution in [1.82, 2.24) is 14.5 Å². The molecule has 2 aromatic carbocycles. The Balaban J connectivity index is 1.47. The van der Waals surface area contributed by atoms with E-state index in [9.17, 15) is 14.7 Å². The van der Waals surface area contributed by atoms with Crippen molar-refractivity contribution >= 4 is 27.6 Å². The Kier molecular flexibility index (Phi) is 5.16. The van der Waals surface area contributed by atoms with Crippen LogP contribution in [-0.2, 0) is 34.0 Å². The molecule has 1 saturated heterocycles. The van der Waals surface area contributed by atoms with Crippen LogP contribution in [0.15, 0.2) is 47.3 Å². The van der Waals surface area contributed by atoms with E-state index < -0.39 is 12.1 Å². The van der Waals surface area contributed by atoms with E-state index in [1.54, 1.807) is 10.6 Å². The number of fused-ring (bicyclic) bond motifs is 7. The molecule has 1 fully saturated rings. The molecular weight excluding hydrogens is 472 g/mol. The summed E-state index contributed by atoms with van der Waals surface area (Å²) in [5, 5.41) is 13.8. The molecule has 0 bridgehead atoms. The normalized spacial score (nSPS) is 21.1. The molecule has 0 radical (unpaired) electrons. The second kappa shape index (κ2) is 8.46. The molecule has 188 valence electrons. The summed E-state index contributed by atoms with van der Waals surface area (Å²) in [5.74, 6) is -0.740. The van der Waals surface area contributed by atoms with Crippen molar-refractivity contribution in [2.75, 3.05) is 26.2 Å². The number of aromatic nitrogens is 2. The second-order valence-electron chi connectivity index (χ2n) is 9.93. The summed E-state index contributed by atoms with van der Waals surface area (Å²) in [7, 11) is 0. The van der Waals surface area contributed by atoms with Gasteiger partial charge in [0.05, 0.1) is 41.7 Å². The number of esters is 1. The monoisotopic (exact) mass is 498 g/mol. The SMILES string of the molecule is NCC1CN(Cc2c3c(nc4ccc5ccccc5c24)-c2cc4c(c(=O)n2C3)COC(=O)C4O)CCO1. The second-order valence-corrected chi connectivity index (χ2v) is 9.93. The maximum Gasteiger partial charge on any atom is 0.340 e. The highest BCUT2D eigenvalue weighted by Crippen LogP contribution is 2.40. The van der Waals surface area contributed by atoms with E-state index in [1.165, 1.54) is 0 Å². The predicted octanol–water partition coefficient (Wildman–Crippen LogP) is 1.83. The summed E-state index contributed by atoms with van der Waals surface area (Å²) in [6.45, 7) is 3.49. The van der Waals surface area contributed by atoms with Gasteiger partial charge in [0.1, 0.15) is 6.61 Å². The molecule has 9 heteroatoms. The number of morpholine rings is 1. The van der Waals surface area contributed by atoms with Crippen LogP contribution in [0, 0.1) is 0 Å². The van der Waals surface area contributed by atoms with Crippen LogP contribution in [0.2, 0.25) is 0 Å². The Bertz CT molecular complexity index is 1660. The van der Waals surface area contributed by atoms with Crippen molar-refractivity contribution in [1.29, 1.82) is 0 Å². The molecule has 0 spiro atoms. The van der Waals surface area contributed by atoms with Gasteiger partial charge < -0.3 is 24.9 Å². The van der Waals surface area contributed by atoms with Gasteiger partial charge in [-0.25, -0.2) is 9.78 Å². The number of ether oxygens (including phenoxy) is 2. The highest BCUT2D eigenvalue weighted by Gasteiger charge is 2.35. The number of hydrogen-bond acceptors (Lipinski definition) is 8. The van der Waals surface area contributed by atoms with Crippen LogP contribution in [-0.4, -0.2) is 57.9 Å². The molecule has 3 aliphatic rings. The van der Waals surface area contributed by atoms with Crippen molar-refractivity contribution in [3.63, 3.8) is 0 Å². The number of aliphatic hydroxyl groups is 1. The number of hydrogen-bond donors (Lipinski definition) is 2. The number of aliphatic hydroxyl groups excluding tert-OH is 1. The molecule has 0 aliphatic carbocycles. The lowest BCUT2D eigenvalue weighted by molar-refractivity contribution is -0.157. The number of carbonyl (C=O) groups excluding carboxylic acids is 1. The van der Waals surface area contributed by atoms with E-state index >= 15 is 0 Å². The largest absolute Gasteiger partial charge is 0.458 e. The predicted molar refractivity (Wildman–Crippen MR) is 137 cm³/mol. The van der Waals surface area contributed by atoms with Gasteiger partial charge in [-0.2, -0.15) is 0 Å². The van der Waals surface area contributed by atoms with Crippen LogP contribution in [0.5, 0.6) is 0 Å². The van der Waals surface area contributed by atoms with Crippen LogP contribution < -0.4 is 11.3 Å². The summed E-state index contributed by atoms with van der Waals surface area (Å²) in [6.07, 6.45) is -1.49. The fraction of sp³-hybridized carbons (Fsp3) is 0.321. The molecule has 2 unspecified atom stereocenters. The number of nitrogens with two attached hydrogens (primary N) is 1. The number of carbonyl (C=O) groups is 1. The van der Waals surface area contributed by atoms with Crippen molar-refractivity contribution in [3.8, 4) is 11.4 Å². The highest BCUT2D eigenvalue weighted by atomic mass is 16.5. The summed E-state index contributed by atoms with van der Waals surface area (Å²) >= 11 is 0. The van der Waals surface area contributed by atoms with Crippen LogP contribution in [0.4, 0.5) is 0 Å². The minimum absolute atomic E-state index is 0.0165. The van der Waals surface area contributed by atoms with Crippen molar-refractivity contribution in [2.45, 2.75) is 31.9 Å². The zero-order chi connectivity index (χ0) is 25.3. The van der Waals surface area contributed by atoms with Gasteiger partial charge in [-0.1, -0.05) is 30.3 Å². The molecule has 3 N–H and O–H groups in total. The van der Waals surface area contributed by atoms with Crippen molar-refractivity contribution in [3.05, 3.63) is 75.1 Å². The minimum atomic E-state index is -1.48. The van der Waals surface area contributed by atoms with Crippen LogP contribution >= 0.6 is 0 Å². The van der Waals surface area contributed by atoms with Gasteiger partial charge in [-0.3, -0.25) is 9.69 Å². The molecule has 4 aromatic rings. The standard InChI is InChI=1S/C28H26N4O5/c29-10-16-11-31(7-8-36-16)12-19-20-13-32-23(9-18-21(27(32)34)14-37-28(35)26(18)33)25(20)30-22-6-5-15-3-1-2-4-17(15)24(19)22/h1-6,9,16,26,33H,7-8,10-14,29H2. The van der Waals surface area contributed by atoms with Crippen LogP contribution in [0.3, 0.4) is 0 Å². The first-order valence-corrected chi connectivity index (χ1v) is 12.5. The molecule has 3 aliphatic heterocycles. The van der Waals surface area contributed by atoms with Crippen molar-refractivity contribution < 1.29 is 19.4 Å². The van der Waals surface area contributed by atoms with Gasteiger partial charge in [0, 0.05) is 42.7 Å². The third-order valence-electron chi connectivity index (χ3n) is 7.83. The van der Waals surface area contributed by atoms with E-state index in [1.807, 2.05) is 18.2 Å². The number of cyclic esters (lactones) is 1. The Morgan fingerprint density at radius 3 is 2.86 bits per heavy atom. The molecule has 0 amide bonds. The third-order valence-corrected chi connectivity index (χ3v) is 7.83. The molecule has 2 aromatic heterocycles. The Morgan fingerprint density at radius 2 is 2.00 bits per heavy atom. The van der Waals surface area contributed by atoms with Gasteiger partial charge in [0.25, 0.3) is 5.56 Å². The lowest BCUT2D eigenvalue weighted by Crippen LogP contribution is -2.45. The summed E-state index contributed by atoms with van der Waals surface area (Å²) < 4.78 is 12.5. The van der Waals surface area contributed by atoms with Gasteiger partial charge in [-0.05, 0) is 28.5 Å². The lowest BCUT2D eigenvalue weighted by atomic mass is 9.95. The Labute approximate surface area is 212 Å². The Morgan fingerprint density at radius 1 is 1.14 bits per heavy atom. The van der Waals surface area contributed by atoms with E-state index in [-0.39, 0.29) is 18.3 Å². The smallest absolute Gasteiger partial charge is 0.340 e. The van der Waals surface area contributed by atoms with Crippen LogP contribution in [0.1, 0.15) is 28.4 Å². The van der Waals surface area contributed by atoms with E-state index in [2.05, 4.69) is 23.1 Å². The number of benzene rings is 2. The Hall–Kier alpha value is -3.63. The molecule has 0 saturated carbocycles. The first-order chi connectivity index (χ1) is 18.0. The molecule has 5 heterocycles. The molecule has 7 rings (SSSR count). The maximum atomic E-state index is 13.5. The van der Waals surface area contributed by atoms with Gasteiger partial charge in [-0.15, -0.1) is 0 Å². The highest BCUT2D eigenvalue weighted by molar-refractivity contribution is 6.09. The van der Waals surface area contributed by atoms with Crippen molar-refractivity contribution in [2.24, 2.45) is 5.73 Å². The summed E-state index contributed by atoms with van der Waals surface area (Å²) in [4.78, 5) is 32.9. The third kappa shape index (κ3) is 3.42. The first kappa shape index (κ1) is 22.6. The average Bonchev–Trinajstić information content (AvgIpc) is 3.29. The average molecular weight is 499 g/mol. The summed E-state index contributed by atoms with van der Waals surface area (Å²) in [6, 6.07) is 14.1. The van der Waals surface area contributed by atoms with Gasteiger partial charge in [0.15, 0.2) is 6.10 Å². The van der Waals surface area contributed by atoms with E-state index in [4.69, 9.17) is 20.2 Å². The molecule has 2 atom stereocenters. The van der Waals surface area contributed by atoms with Gasteiger partial charge in [0.2, 0.25) is 0 Å². The fourth-order valence-corrected chi connectivity index (χ4v) is 5.96. The van der Waals surface area contributed by atoms with E-state index in [0.29, 0.717) is 48.8 Å². The quantitative estimate of drug-likeness (QED) is 0.286. The molecule has 9 nitrogen and oxygen atoms in total. The zero-order valence-corrected chi connectivity index (χ0v) is 20.1. The number of pyridine rings is 2.